The van der Waals surface area contributed by atoms with E-state index < -0.39 is 74.6 Å². The summed E-state index contributed by atoms with van der Waals surface area (Å²) in [7, 11) is 0. The Hall–Kier alpha value is -0.440. The largest absolute Gasteiger partial charge is 0.394 e. The Balaban J connectivity index is 2.02. The topological polar surface area (TPSA) is 190 Å². The van der Waals surface area contributed by atoms with Crippen LogP contribution in [0.3, 0.4) is 0 Å². The number of rotatable bonds is 6. The Morgan fingerprint density at radius 3 is 1.87 bits per heavy atom. The molecular weight excluding hydrogens is 320 g/mol. The van der Waals surface area contributed by atoms with Crippen molar-refractivity contribution in [1.82, 2.24) is 0 Å². The first-order valence-electron chi connectivity index (χ1n) is 7.08. The zero-order chi connectivity index (χ0) is 17.3. The van der Waals surface area contributed by atoms with Crippen molar-refractivity contribution in [3.63, 3.8) is 0 Å². The minimum Gasteiger partial charge on any atom is -0.394 e. The van der Waals surface area contributed by atoms with Crippen LogP contribution in [0, 0.1) is 0 Å². The van der Waals surface area contributed by atoms with E-state index in [4.69, 9.17) is 19.3 Å². The Kier molecular flexibility index (Phi) is 6.27. The van der Waals surface area contributed by atoms with Crippen LogP contribution in [0.1, 0.15) is 0 Å². The van der Waals surface area contributed by atoms with Crippen LogP contribution in [0.4, 0.5) is 0 Å². The van der Waals surface area contributed by atoms with Gasteiger partial charge in [0.05, 0.1) is 13.2 Å². The minimum absolute atomic E-state index is 0.711. The van der Waals surface area contributed by atoms with Gasteiger partial charge < -0.3 is 55.1 Å². The third kappa shape index (κ3) is 3.65. The molecule has 2 heterocycles. The number of hydrogen-bond acceptors (Lipinski definition) is 11. The molecule has 0 radical (unpaired) electrons. The second kappa shape index (κ2) is 7.63. The first-order chi connectivity index (χ1) is 10.8. The molecule has 0 saturated carbocycles. The monoisotopic (exact) mass is 342 g/mol. The van der Waals surface area contributed by atoms with E-state index in [1.807, 2.05) is 0 Å². The molecule has 8 N–H and O–H groups in total. The van der Waals surface area contributed by atoms with Crippen molar-refractivity contribution in [2.45, 2.75) is 61.4 Å². The summed E-state index contributed by atoms with van der Waals surface area (Å²) in [6.45, 7) is -1.43. The summed E-state index contributed by atoms with van der Waals surface area (Å²) in [5.41, 5.74) is 0. The van der Waals surface area contributed by atoms with Crippen LogP contribution in [-0.4, -0.2) is 115 Å². The van der Waals surface area contributed by atoms with Gasteiger partial charge in [-0.25, -0.2) is 0 Å². The summed E-state index contributed by atoms with van der Waals surface area (Å²) in [4.78, 5) is 0. The molecule has 0 amide bonds. The molecule has 2 aliphatic heterocycles. The molecule has 11 nitrogen and oxygen atoms in total. The third-order valence-electron chi connectivity index (χ3n) is 3.95. The van der Waals surface area contributed by atoms with E-state index in [0.717, 1.165) is 0 Å². The van der Waals surface area contributed by atoms with Crippen molar-refractivity contribution < 1.29 is 55.1 Å². The molecule has 2 fully saturated rings. The Morgan fingerprint density at radius 2 is 1.39 bits per heavy atom. The van der Waals surface area contributed by atoms with Crippen LogP contribution >= 0.6 is 0 Å². The van der Waals surface area contributed by atoms with E-state index in [1.54, 1.807) is 0 Å². The number of hydrogen-bond donors (Lipinski definition) is 8. The van der Waals surface area contributed by atoms with Gasteiger partial charge in [-0.3, -0.25) is 0 Å². The molecule has 2 aliphatic rings. The highest BCUT2D eigenvalue weighted by molar-refractivity contribution is 4.94. The summed E-state index contributed by atoms with van der Waals surface area (Å²) < 4.78 is 15.2. The smallest absolute Gasteiger partial charge is 0.187 e. The predicted octanol–water partition coefficient (Wildman–Crippen LogP) is -5.40. The number of aliphatic hydroxyl groups is 8. The average Bonchev–Trinajstić information content (AvgIpc) is 2.96. The highest BCUT2D eigenvalue weighted by atomic mass is 16.7. The molecule has 136 valence electrons. The molecule has 23 heavy (non-hydrogen) atoms. The summed E-state index contributed by atoms with van der Waals surface area (Å²) in [6.07, 6.45) is -14.8. The highest BCUT2D eigenvalue weighted by Gasteiger charge is 2.51. The van der Waals surface area contributed by atoms with Gasteiger partial charge in [-0.2, -0.15) is 0 Å². The van der Waals surface area contributed by atoms with Crippen molar-refractivity contribution in [3.05, 3.63) is 0 Å². The Bertz CT molecular complexity index is 382. The Morgan fingerprint density at radius 1 is 0.783 bits per heavy atom. The maximum atomic E-state index is 9.85. The molecule has 0 aromatic carbocycles. The van der Waals surface area contributed by atoms with Gasteiger partial charge in [0.2, 0.25) is 0 Å². The van der Waals surface area contributed by atoms with Gasteiger partial charge in [-0.1, -0.05) is 0 Å². The van der Waals surface area contributed by atoms with Crippen LogP contribution < -0.4 is 0 Å². The maximum absolute atomic E-state index is 9.85. The maximum Gasteiger partial charge on any atom is 0.187 e. The van der Waals surface area contributed by atoms with E-state index in [2.05, 4.69) is 0 Å². The molecule has 10 atom stereocenters. The van der Waals surface area contributed by atoms with Crippen molar-refractivity contribution in [1.29, 1.82) is 0 Å². The van der Waals surface area contributed by atoms with Gasteiger partial charge in [0.1, 0.15) is 48.8 Å². The third-order valence-corrected chi connectivity index (χ3v) is 3.95. The van der Waals surface area contributed by atoms with E-state index in [1.165, 1.54) is 0 Å². The molecule has 2 saturated heterocycles. The summed E-state index contributed by atoms with van der Waals surface area (Å²) in [5, 5.41) is 75.8. The molecule has 2 unspecified atom stereocenters. The lowest BCUT2D eigenvalue weighted by Gasteiger charge is -2.27. The second-order valence-corrected chi connectivity index (χ2v) is 5.53. The van der Waals surface area contributed by atoms with Crippen molar-refractivity contribution in [3.8, 4) is 0 Å². The van der Waals surface area contributed by atoms with Gasteiger partial charge in [0.25, 0.3) is 0 Å². The van der Waals surface area contributed by atoms with Gasteiger partial charge >= 0.3 is 0 Å². The highest BCUT2D eigenvalue weighted by Crippen LogP contribution is 2.29. The van der Waals surface area contributed by atoms with Gasteiger partial charge in [-0.15, -0.1) is 0 Å². The zero-order valence-electron chi connectivity index (χ0n) is 12.0. The molecule has 0 aliphatic carbocycles. The Labute approximate surface area is 130 Å². The molecule has 0 spiro atoms. The minimum atomic E-state index is -1.67. The second-order valence-electron chi connectivity index (χ2n) is 5.53. The van der Waals surface area contributed by atoms with Crippen LogP contribution in [0.25, 0.3) is 0 Å². The standard InChI is InChI=1S/C12H22O11/c13-1-3(15)9-6(17)8(19)12(23-9)21-4(2-14)10-5(16)7(18)11(20)22-10/h3-20H,1-2H2/t3-,4-,5+,6+,7?,8?,9+,10+,11-,12-/m1/s1. The van der Waals surface area contributed by atoms with Crippen molar-refractivity contribution in [2.75, 3.05) is 13.2 Å². The van der Waals surface area contributed by atoms with Crippen molar-refractivity contribution >= 4 is 0 Å². The summed E-state index contributed by atoms with van der Waals surface area (Å²) in [5.74, 6) is 0. The fourth-order valence-electron chi connectivity index (χ4n) is 2.60. The van der Waals surface area contributed by atoms with E-state index >= 15 is 0 Å². The van der Waals surface area contributed by atoms with Crippen molar-refractivity contribution in [2.24, 2.45) is 0 Å². The van der Waals surface area contributed by atoms with E-state index in [9.17, 15) is 35.7 Å². The molecule has 2 rings (SSSR count). The van der Waals surface area contributed by atoms with Gasteiger partial charge in [-0.05, 0) is 0 Å². The quantitative estimate of drug-likeness (QED) is 0.230. The van der Waals surface area contributed by atoms with Crippen LogP contribution in [0.2, 0.25) is 0 Å². The lowest BCUT2D eigenvalue weighted by molar-refractivity contribution is -0.239. The fraction of sp³-hybridized carbons (Fsp3) is 1.00. The normalized spacial score (nSPS) is 47.0. The fourth-order valence-corrected chi connectivity index (χ4v) is 2.60. The predicted molar refractivity (Wildman–Crippen MR) is 68.6 cm³/mol. The lowest BCUT2D eigenvalue weighted by atomic mass is 10.1. The van der Waals surface area contributed by atoms with Gasteiger partial charge in [0.15, 0.2) is 12.6 Å². The molecule has 0 aromatic rings. The van der Waals surface area contributed by atoms with Crippen LogP contribution in [-0.2, 0) is 14.2 Å². The zero-order valence-corrected chi connectivity index (χ0v) is 12.0. The first-order valence-corrected chi connectivity index (χ1v) is 7.08. The lowest BCUT2D eigenvalue weighted by Crippen LogP contribution is -2.46. The molecule has 11 heteroatoms. The summed E-state index contributed by atoms with van der Waals surface area (Å²) in [6, 6.07) is 0. The van der Waals surface area contributed by atoms with E-state index in [-0.39, 0.29) is 0 Å². The number of aliphatic hydroxyl groups excluding tert-OH is 8. The number of ether oxygens (including phenoxy) is 3. The average molecular weight is 342 g/mol. The van der Waals surface area contributed by atoms with E-state index in [0.29, 0.717) is 0 Å². The molecule has 0 aromatic heterocycles. The first kappa shape index (κ1) is 18.9. The molecular formula is C12H22O11. The van der Waals surface area contributed by atoms with Crippen LogP contribution in [0.15, 0.2) is 0 Å². The van der Waals surface area contributed by atoms with Crippen LogP contribution in [0.5, 0.6) is 0 Å². The molecule has 0 bridgehead atoms. The summed E-state index contributed by atoms with van der Waals surface area (Å²) >= 11 is 0. The van der Waals surface area contributed by atoms with Gasteiger partial charge in [0, 0.05) is 0 Å². The SMILES string of the molecule is OC[C@@H](O)[C@@H]1O[C@@H](O[C@H](CO)[C@@H]2O[C@@H](O)C(O)[C@@H]2O)C(O)[C@@H]1O.